The Bertz CT molecular complexity index is 3480. The van der Waals surface area contributed by atoms with Crippen molar-refractivity contribution >= 4 is 79.5 Å². The molecule has 334 valence electrons. The summed E-state index contributed by atoms with van der Waals surface area (Å²) in [5.74, 6) is 0.384. The minimum atomic E-state index is -0.272. The second-order valence-corrected chi connectivity index (χ2v) is 21.1. The molecule has 0 saturated heterocycles. The van der Waals surface area contributed by atoms with Gasteiger partial charge >= 0.3 is 0 Å². The number of hydrogen-bond donors (Lipinski definition) is 0. The van der Waals surface area contributed by atoms with Crippen molar-refractivity contribution in [3.63, 3.8) is 0 Å². The van der Waals surface area contributed by atoms with Crippen molar-refractivity contribution in [2.45, 2.75) is 53.4 Å². The number of nitrogens with zero attached hydrogens (tertiary/aromatic N) is 4. The zero-order valence-electron chi connectivity index (χ0n) is 40.3. The maximum Gasteiger partial charge on any atom is 0.252 e. The Labute approximate surface area is 407 Å². The number of allylic oxidation sites excluding steroid dienone is 3. The number of anilines is 8. The highest BCUT2D eigenvalue weighted by Gasteiger charge is 2.48. The van der Waals surface area contributed by atoms with Gasteiger partial charge in [-0.1, -0.05) is 156 Å². The predicted molar refractivity (Wildman–Crippen MR) is 293 cm³/mol. The van der Waals surface area contributed by atoms with Crippen LogP contribution in [0.2, 0.25) is 0 Å². The largest absolute Gasteiger partial charge is 0.312 e. The molecule has 0 radical (unpaired) electrons. The van der Waals surface area contributed by atoms with Crippen molar-refractivity contribution in [1.82, 2.24) is 4.57 Å². The van der Waals surface area contributed by atoms with E-state index >= 15 is 0 Å². The molecule has 5 heteroatoms. The lowest BCUT2D eigenvalue weighted by molar-refractivity contribution is 0.292. The molecule has 4 nitrogen and oxygen atoms in total. The predicted octanol–water partition coefficient (Wildman–Crippen LogP) is 15.0. The van der Waals surface area contributed by atoms with Crippen LogP contribution in [0, 0.1) is 18.3 Å². The Hall–Kier alpha value is -7.76. The van der Waals surface area contributed by atoms with Gasteiger partial charge in [0.2, 0.25) is 0 Å². The van der Waals surface area contributed by atoms with Crippen LogP contribution in [0.3, 0.4) is 0 Å². The van der Waals surface area contributed by atoms with Crippen molar-refractivity contribution in [2.75, 3.05) is 14.7 Å². The Morgan fingerprint density at radius 2 is 1.14 bits per heavy atom. The SMILES string of the molecule is Cc1cc2c3c(c1)-n1c4c(c5c(N(c6ccccc6)c6ccccc6)ccc(c51)B3c1ccc(N(c3ccccc3)c3ccccc3)cc1N2C1=CC(C(C)(C)C)CC=C1)C(C)(C)c1ccccc1-4. The molecule has 0 spiro atoms. The number of hydrogen-bond acceptors (Lipinski definition) is 3. The monoisotopic (exact) mass is 890 g/mol. The van der Waals surface area contributed by atoms with Gasteiger partial charge in [-0.3, -0.25) is 0 Å². The first-order chi connectivity index (χ1) is 33.6. The molecule has 0 saturated carbocycles. The van der Waals surface area contributed by atoms with E-state index in [0.717, 1.165) is 34.9 Å². The summed E-state index contributed by atoms with van der Waals surface area (Å²) in [5.41, 5.74) is 23.6. The van der Waals surface area contributed by atoms with Crippen LogP contribution in [0.1, 0.15) is 57.7 Å². The maximum absolute atomic E-state index is 2.70. The zero-order valence-corrected chi connectivity index (χ0v) is 40.3. The molecule has 2 aliphatic carbocycles. The van der Waals surface area contributed by atoms with Crippen LogP contribution in [-0.2, 0) is 5.41 Å². The van der Waals surface area contributed by atoms with Gasteiger partial charge in [-0.05, 0) is 143 Å². The third-order valence-corrected chi connectivity index (χ3v) is 15.5. The summed E-state index contributed by atoms with van der Waals surface area (Å²) >= 11 is 0. The van der Waals surface area contributed by atoms with Gasteiger partial charge in [-0.2, -0.15) is 0 Å². The van der Waals surface area contributed by atoms with Gasteiger partial charge in [0.1, 0.15) is 0 Å². The molecule has 3 heterocycles. The first kappa shape index (κ1) is 41.4. The van der Waals surface area contributed by atoms with Crippen LogP contribution in [0.25, 0.3) is 27.8 Å². The van der Waals surface area contributed by atoms with Crippen molar-refractivity contribution in [2.24, 2.45) is 11.3 Å². The summed E-state index contributed by atoms with van der Waals surface area (Å²) in [6, 6.07) is 69.8. The van der Waals surface area contributed by atoms with E-state index in [-0.39, 0.29) is 17.5 Å². The van der Waals surface area contributed by atoms with Crippen LogP contribution in [-0.4, -0.2) is 11.3 Å². The van der Waals surface area contributed by atoms with E-state index in [1.54, 1.807) is 0 Å². The molecule has 8 aromatic carbocycles. The van der Waals surface area contributed by atoms with E-state index in [4.69, 9.17) is 0 Å². The lowest BCUT2D eigenvalue weighted by Crippen LogP contribution is -2.61. The van der Waals surface area contributed by atoms with E-state index in [0.29, 0.717) is 5.92 Å². The average molecular weight is 891 g/mol. The Kier molecular flexibility index (Phi) is 9.24. The number of aryl methyl sites for hydroxylation is 1. The zero-order chi connectivity index (χ0) is 46.8. The Morgan fingerprint density at radius 1 is 0.580 bits per heavy atom. The van der Waals surface area contributed by atoms with Gasteiger partial charge in [0, 0.05) is 67.6 Å². The van der Waals surface area contributed by atoms with E-state index in [1.165, 1.54) is 83.7 Å². The van der Waals surface area contributed by atoms with Crippen molar-refractivity contribution in [1.29, 1.82) is 0 Å². The van der Waals surface area contributed by atoms with E-state index in [2.05, 4.69) is 267 Å². The highest BCUT2D eigenvalue weighted by molar-refractivity contribution is 7.00. The van der Waals surface area contributed by atoms with Crippen molar-refractivity contribution in [3.05, 3.63) is 229 Å². The number of benzene rings is 8. The Morgan fingerprint density at radius 3 is 1.77 bits per heavy atom. The summed E-state index contributed by atoms with van der Waals surface area (Å²) in [6.45, 7) is 14.3. The fourth-order valence-electron chi connectivity index (χ4n) is 12.3. The molecule has 1 atom stereocenters. The summed E-state index contributed by atoms with van der Waals surface area (Å²) in [4.78, 5) is 7.51. The van der Waals surface area contributed by atoms with Gasteiger partial charge in [-0.15, -0.1) is 0 Å². The van der Waals surface area contributed by atoms with Crippen LogP contribution in [0.4, 0.5) is 45.5 Å². The highest BCUT2D eigenvalue weighted by Crippen LogP contribution is 2.57. The summed E-state index contributed by atoms with van der Waals surface area (Å²) in [7, 11) is 0. The van der Waals surface area contributed by atoms with Gasteiger partial charge in [-0.25, -0.2) is 0 Å². The van der Waals surface area contributed by atoms with E-state index < -0.39 is 0 Å². The van der Waals surface area contributed by atoms with E-state index in [1.807, 2.05) is 0 Å². The molecule has 1 unspecified atom stereocenters. The smallest absolute Gasteiger partial charge is 0.252 e. The third kappa shape index (κ3) is 6.22. The van der Waals surface area contributed by atoms with Gasteiger partial charge < -0.3 is 19.3 Å². The molecule has 0 N–H and O–H groups in total. The van der Waals surface area contributed by atoms with Crippen LogP contribution < -0.4 is 31.1 Å². The number of rotatable bonds is 7. The number of aromatic nitrogens is 1. The molecule has 13 rings (SSSR count). The van der Waals surface area contributed by atoms with Gasteiger partial charge in [0.25, 0.3) is 6.71 Å². The van der Waals surface area contributed by atoms with Crippen LogP contribution in [0.15, 0.2) is 212 Å². The molecule has 0 amide bonds. The van der Waals surface area contributed by atoms with Crippen molar-refractivity contribution < 1.29 is 0 Å². The van der Waals surface area contributed by atoms with Crippen LogP contribution >= 0.6 is 0 Å². The molecular weight excluding hydrogens is 836 g/mol. The average Bonchev–Trinajstić information content (AvgIpc) is 3.85. The standard InChI is InChI=1S/C64H55BN4/c1-42-38-56-60-57(39-42)69-61-50-32-19-20-33-51(50)64(5,6)59(61)58-54(67(46-27-15-9-16-28-46)47-29-17-10-18-30-47)37-36-53(62(58)69)65(60)52-35-34-49(66(44-23-11-7-12-24-44)45-25-13-8-14-26-45)41-55(52)68(56)48-31-21-22-43(40-48)63(2,3)4/h7-21,23-41,43H,22H2,1-6H3. The quantitative estimate of drug-likeness (QED) is 0.148. The molecule has 4 aliphatic rings. The molecule has 1 aromatic heterocycles. The first-order valence-electron chi connectivity index (χ1n) is 24.7. The molecule has 69 heavy (non-hydrogen) atoms. The van der Waals surface area contributed by atoms with Gasteiger partial charge in [0.15, 0.2) is 0 Å². The second kappa shape index (κ2) is 15.4. The minimum absolute atomic E-state index is 0.0243. The van der Waals surface area contributed by atoms with Gasteiger partial charge in [0.05, 0.1) is 16.9 Å². The molecule has 0 fully saturated rings. The lowest BCUT2D eigenvalue weighted by Gasteiger charge is -2.43. The fraction of sp³-hybridized carbons (Fsp3) is 0.156. The minimum Gasteiger partial charge on any atom is -0.312 e. The molecule has 0 bridgehead atoms. The molecule has 9 aromatic rings. The third-order valence-electron chi connectivity index (χ3n) is 15.5. The topological polar surface area (TPSA) is 14.7 Å². The summed E-state index contributed by atoms with van der Waals surface area (Å²) in [5, 5.41) is 1.32. The fourth-order valence-corrected chi connectivity index (χ4v) is 12.3. The van der Waals surface area contributed by atoms with E-state index in [9.17, 15) is 0 Å². The number of para-hydroxylation sites is 4. The second-order valence-electron chi connectivity index (χ2n) is 21.1. The maximum atomic E-state index is 2.70. The van der Waals surface area contributed by atoms with Crippen molar-refractivity contribution in [3.8, 4) is 16.9 Å². The highest BCUT2D eigenvalue weighted by atomic mass is 15.2. The normalized spacial score (nSPS) is 15.9. The lowest BCUT2D eigenvalue weighted by atomic mass is 9.33. The van der Waals surface area contributed by atoms with Crippen LogP contribution in [0.5, 0.6) is 0 Å². The Balaban J connectivity index is 1.15. The summed E-state index contributed by atoms with van der Waals surface area (Å²) < 4.78 is 2.70. The number of fused-ring (bicyclic) bond motifs is 9. The summed E-state index contributed by atoms with van der Waals surface area (Å²) in [6.07, 6.45) is 8.38. The first-order valence-corrected chi connectivity index (χ1v) is 24.7. The molecular formula is C64H55BN4. The molecule has 2 aliphatic heterocycles.